The van der Waals surface area contributed by atoms with Crippen LogP contribution in [-0.4, -0.2) is 45.9 Å². The number of carbonyl (C=O) groups excluding carboxylic acids is 1. The monoisotopic (exact) mass is 363 g/mol. The van der Waals surface area contributed by atoms with Gasteiger partial charge in [0.25, 0.3) is 11.5 Å². The summed E-state index contributed by atoms with van der Waals surface area (Å²) in [5, 5.41) is 22.4. The van der Waals surface area contributed by atoms with Crippen molar-refractivity contribution in [3.63, 3.8) is 0 Å². The van der Waals surface area contributed by atoms with Crippen molar-refractivity contribution in [2.45, 2.75) is 0 Å². The van der Waals surface area contributed by atoms with Crippen molar-refractivity contribution in [1.29, 1.82) is 0 Å². The van der Waals surface area contributed by atoms with E-state index in [0.29, 0.717) is 5.56 Å². The van der Waals surface area contributed by atoms with Gasteiger partial charge in [-0.05, 0) is 12.1 Å². The summed E-state index contributed by atoms with van der Waals surface area (Å²) in [5.74, 6) is -0.759. The highest BCUT2D eigenvalue weighted by atomic mass is 16.6. The second kappa shape index (κ2) is 8.18. The van der Waals surface area contributed by atoms with Crippen molar-refractivity contribution in [3.05, 3.63) is 54.7 Å². The number of hydrogen-bond acceptors (Lipinski definition) is 9. The van der Waals surface area contributed by atoms with Gasteiger partial charge in [-0.3, -0.25) is 24.7 Å². The Hall–Kier alpha value is -4.03. The summed E-state index contributed by atoms with van der Waals surface area (Å²) in [7, 11) is 1.31. The van der Waals surface area contributed by atoms with E-state index in [1.54, 1.807) is 0 Å². The van der Waals surface area contributed by atoms with Gasteiger partial charge in [0, 0.05) is 11.6 Å². The Balaban J connectivity index is 1.94. The molecular weight excluding hydrogens is 350 g/mol. The van der Waals surface area contributed by atoms with Crippen molar-refractivity contribution in [3.8, 4) is 5.75 Å². The number of nitro groups is 1. The molecule has 0 aliphatic heterocycles. The maximum atomic E-state index is 11.6. The van der Waals surface area contributed by atoms with Gasteiger partial charge in [-0.25, -0.2) is 15.3 Å². The number of benzene rings is 1. The zero-order valence-corrected chi connectivity index (χ0v) is 13.3. The largest absolute Gasteiger partial charge is 0.490 e. The topological polar surface area (TPSA) is 184 Å². The molecule has 0 spiro atoms. The van der Waals surface area contributed by atoms with E-state index in [0.717, 1.165) is 0 Å². The van der Waals surface area contributed by atoms with Crippen LogP contribution in [0.1, 0.15) is 5.56 Å². The number of carbonyl (C=O) groups is 1. The molecule has 4 N–H and O–H groups in total. The molecule has 13 heteroatoms. The number of nitrogens with zero attached hydrogens (tertiary/aromatic N) is 3. The van der Waals surface area contributed by atoms with Crippen LogP contribution in [0.2, 0.25) is 0 Å². The van der Waals surface area contributed by atoms with Gasteiger partial charge in [0.2, 0.25) is 5.82 Å². The lowest BCUT2D eigenvalue weighted by atomic mass is 10.2. The molecule has 2 rings (SSSR count). The van der Waals surface area contributed by atoms with E-state index in [2.05, 4.69) is 20.9 Å². The number of hydrazone groups is 1. The van der Waals surface area contributed by atoms with Gasteiger partial charge >= 0.3 is 11.4 Å². The third-order valence-electron chi connectivity index (χ3n) is 2.93. The first-order valence-electron chi connectivity index (χ1n) is 6.98. The molecule has 1 aromatic heterocycles. The van der Waals surface area contributed by atoms with E-state index in [1.807, 2.05) is 10.1 Å². The molecular formula is C13H13N7O6. The minimum absolute atomic E-state index is 0.0963. The number of ether oxygens (including phenoxy) is 1. The summed E-state index contributed by atoms with van der Waals surface area (Å²) < 4.78 is 4.88. The van der Waals surface area contributed by atoms with Crippen molar-refractivity contribution in [2.24, 2.45) is 5.10 Å². The number of H-pyrrole nitrogens is 2. The molecule has 0 fully saturated rings. The highest BCUT2D eigenvalue weighted by Gasteiger charge is 2.14. The summed E-state index contributed by atoms with van der Waals surface area (Å²) in [6.45, 7) is -0.345. The first-order valence-corrected chi connectivity index (χ1v) is 6.98. The Morgan fingerprint density at radius 2 is 2.23 bits per heavy atom. The molecule has 0 bridgehead atoms. The summed E-state index contributed by atoms with van der Waals surface area (Å²) in [5.41, 5.74) is 0.730. The molecule has 0 radical (unpaired) electrons. The Morgan fingerprint density at radius 3 is 2.88 bits per heavy atom. The number of hydrogen-bond donors (Lipinski definition) is 4. The van der Waals surface area contributed by atoms with Crippen LogP contribution in [0, 0.1) is 10.1 Å². The van der Waals surface area contributed by atoms with Crippen LogP contribution >= 0.6 is 0 Å². The summed E-state index contributed by atoms with van der Waals surface area (Å²) >= 11 is 0. The fourth-order valence-corrected chi connectivity index (χ4v) is 1.78. The predicted octanol–water partition coefficient (Wildman–Crippen LogP) is -1.06. The second-order valence-electron chi connectivity index (χ2n) is 4.69. The van der Waals surface area contributed by atoms with E-state index >= 15 is 0 Å². The molecule has 2 aromatic rings. The van der Waals surface area contributed by atoms with Crippen molar-refractivity contribution in [2.75, 3.05) is 19.0 Å². The number of methoxy groups -OCH3 is 1. The smallest absolute Gasteiger partial charge is 0.342 e. The molecule has 0 atom stereocenters. The predicted molar refractivity (Wildman–Crippen MR) is 89.4 cm³/mol. The summed E-state index contributed by atoms with van der Waals surface area (Å²) in [6, 6.07) is 4.15. The minimum atomic E-state index is -0.782. The molecule has 1 amide bonds. The quantitative estimate of drug-likeness (QED) is 0.272. The van der Waals surface area contributed by atoms with Crippen LogP contribution in [0.15, 0.2) is 32.9 Å². The maximum absolute atomic E-state index is 11.6. The van der Waals surface area contributed by atoms with Gasteiger partial charge in [-0.2, -0.15) is 5.10 Å². The number of amides is 1. The number of nitrogens with one attached hydrogen (secondary N) is 4. The number of rotatable bonds is 7. The van der Waals surface area contributed by atoms with Gasteiger partial charge in [0.15, 0.2) is 5.75 Å². The Labute approximate surface area is 144 Å². The molecule has 0 aliphatic rings. The average Bonchev–Trinajstić information content (AvgIpc) is 2.60. The van der Waals surface area contributed by atoms with E-state index in [1.165, 1.54) is 31.5 Å². The molecule has 0 saturated carbocycles. The lowest BCUT2D eigenvalue weighted by Gasteiger charge is -2.03. The molecule has 1 heterocycles. The maximum Gasteiger partial charge on any atom is 0.342 e. The summed E-state index contributed by atoms with van der Waals surface area (Å²) in [6.07, 6.45) is 1.20. The van der Waals surface area contributed by atoms with Crippen LogP contribution in [0.3, 0.4) is 0 Å². The molecule has 0 saturated heterocycles. The van der Waals surface area contributed by atoms with Crippen LogP contribution in [0.25, 0.3) is 0 Å². The lowest BCUT2D eigenvalue weighted by molar-refractivity contribution is -0.385. The van der Waals surface area contributed by atoms with Crippen molar-refractivity contribution in [1.82, 2.24) is 20.6 Å². The molecule has 1 aromatic carbocycles. The SMILES string of the molecule is COc1ccc(/C=N\NC(=O)CNc2n[nH]c(=O)[nH]c2=O)cc1[N+](=O)[O-]. The molecule has 0 aliphatic carbocycles. The van der Waals surface area contributed by atoms with Crippen LogP contribution in [-0.2, 0) is 4.79 Å². The van der Waals surface area contributed by atoms with Crippen molar-refractivity contribution < 1.29 is 14.5 Å². The fraction of sp³-hybridized carbons (Fsp3) is 0.154. The normalized spacial score (nSPS) is 10.5. The first kappa shape index (κ1) is 18.3. The Kier molecular flexibility index (Phi) is 5.76. The molecule has 13 nitrogen and oxygen atoms in total. The number of aromatic amines is 2. The summed E-state index contributed by atoms with van der Waals surface area (Å²) in [4.78, 5) is 46.1. The third-order valence-corrected chi connectivity index (χ3v) is 2.93. The number of anilines is 1. The third kappa shape index (κ3) is 4.73. The van der Waals surface area contributed by atoms with E-state index in [-0.39, 0.29) is 23.8 Å². The van der Waals surface area contributed by atoms with Crippen LogP contribution < -0.4 is 26.7 Å². The number of aromatic nitrogens is 3. The average molecular weight is 363 g/mol. The Morgan fingerprint density at radius 1 is 1.46 bits per heavy atom. The van der Waals surface area contributed by atoms with Crippen LogP contribution in [0.4, 0.5) is 11.5 Å². The highest BCUT2D eigenvalue weighted by Crippen LogP contribution is 2.26. The lowest BCUT2D eigenvalue weighted by Crippen LogP contribution is -2.31. The molecule has 0 unspecified atom stereocenters. The highest BCUT2D eigenvalue weighted by molar-refractivity contribution is 5.85. The Bertz CT molecular complexity index is 964. The zero-order chi connectivity index (χ0) is 19.1. The second-order valence-corrected chi connectivity index (χ2v) is 4.69. The number of nitro benzene ring substituents is 1. The standard InChI is InChI=1S/C13H13N7O6/c1-26-9-3-2-7(4-8(9)20(24)25)5-15-17-10(21)6-14-11-12(22)16-13(23)19-18-11/h2-5H,6H2,1H3,(H,14,18)(H,17,21)(H2,16,19,22,23)/b15-5-. The zero-order valence-electron chi connectivity index (χ0n) is 13.3. The van der Waals surface area contributed by atoms with E-state index in [9.17, 15) is 24.5 Å². The van der Waals surface area contributed by atoms with Crippen molar-refractivity contribution >= 4 is 23.6 Å². The molecule has 26 heavy (non-hydrogen) atoms. The van der Waals surface area contributed by atoms with Gasteiger partial charge in [-0.15, -0.1) is 5.10 Å². The van der Waals surface area contributed by atoms with E-state index < -0.39 is 22.1 Å². The van der Waals surface area contributed by atoms with Gasteiger partial charge < -0.3 is 10.1 Å². The van der Waals surface area contributed by atoms with E-state index in [4.69, 9.17) is 4.74 Å². The van der Waals surface area contributed by atoms with Gasteiger partial charge in [0.1, 0.15) is 0 Å². The molecule has 136 valence electrons. The van der Waals surface area contributed by atoms with Crippen LogP contribution in [0.5, 0.6) is 5.75 Å². The fourth-order valence-electron chi connectivity index (χ4n) is 1.78. The van der Waals surface area contributed by atoms with Gasteiger partial charge in [-0.1, -0.05) is 0 Å². The minimum Gasteiger partial charge on any atom is -0.490 e. The first-order chi connectivity index (χ1) is 12.4. The van der Waals surface area contributed by atoms with Gasteiger partial charge in [0.05, 0.1) is 24.8 Å².